The highest BCUT2D eigenvalue weighted by Gasteiger charge is 2.24. The summed E-state index contributed by atoms with van der Waals surface area (Å²) < 4.78 is 5.49. The lowest BCUT2D eigenvalue weighted by Crippen LogP contribution is -2.56. The Morgan fingerprint density at radius 2 is 2.00 bits per heavy atom. The van der Waals surface area contributed by atoms with Crippen molar-refractivity contribution < 1.29 is 9.53 Å². The lowest BCUT2D eigenvalue weighted by atomic mass is 10.1. The Balaban J connectivity index is 1.79. The fraction of sp³-hybridized carbons (Fsp3) is 0.533. The molecule has 1 aliphatic rings. The predicted molar refractivity (Wildman–Crippen MR) is 79.7 cm³/mol. The normalized spacial score (nSPS) is 22.9. The van der Waals surface area contributed by atoms with E-state index >= 15 is 0 Å². The summed E-state index contributed by atoms with van der Waals surface area (Å²) >= 11 is 6.04. The number of amides is 1. The van der Waals surface area contributed by atoms with Crippen molar-refractivity contribution in [3.63, 3.8) is 0 Å². The number of rotatable bonds is 4. The number of piperazine rings is 1. The first kappa shape index (κ1) is 15.3. The van der Waals surface area contributed by atoms with Crippen molar-refractivity contribution in [2.45, 2.75) is 32.5 Å². The number of carbonyl (C=O) groups is 1. The maximum absolute atomic E-state index is 12.1. The summed E-state index contributed by atoms with van der Waals surface area (Å²) in [6, 6.07) is 8.16. The quantitative estimate of drug-likeness (QED) is 0.925. The van der Waals surface area contributed by atoms with Gasteiger partial charge in [0.1, 0.15) is 6.61 Å². The van der Waals surface area contributed by atoms with Crippen LogP contribution in [0.25, 0.3) is 0 Å². The van der Waals surface area contributed by atoms with Crippen LogP contribution in [0, 0.1) is 0 Å². The van der Waals surface area contributed by atoms with Gasteiger partial charge < -0.3 is 15.0 Å². The summed E-state index contributed by atoms with van der Waals surface area (Å²) in [5.74, 6) is 0.0391. The Hall–Kier alpha value is -1.10. The molecular formula is C15H21ClN2O2. The van der Waals surface area contributed by atoms with E-state index in [-0.39, 0.29) is 12.5 Å². The smallest absolute Gasteiger partial charge is 0.248 e. The Bertz CT molecular complexity index is 457. The zero-order valence-corrected chi connectivity index (χ0v) is 12.7. The van der Waals surface area contributed by atoms with Crippen LogP contribution in [0.15, 0.2) is 24.3 Å². The molecule has 2 rings (SSSR count). The Labute approximate surface area is 125 Å². The van der Waals surface area contributed by atoms with Crippen LogP contribution in [-0.4, -0.2) is 42.6 Å². The molecule has 1 aromatic rings. The van der Waals surface area contributed by atoms with Gasteiger partial charge in [-0.2, -0.15) is 0 Å². The number of ether oxygens (including phenoxy) is 1. The van der Waals surface area contributed by atoms with Crippen LogP contribution in [-0.2, 0) is 16.1 Å². The third-order valence-electron chi connectivity index (χ3n) is 3.35. The van der Waals surface area contributed by atoms with Crippen LogP contribution in [0.2, 0.25) is 5.02 Å². The lowest BCUT2D eigenvalue weighted by Gasteiger charge is -2.36. The number of carbonyl (C=O) groups excluding carboxylic acids is 1. The van der Waals surface area contributed by atoms with Crippen molar-refractivity contribution in [3.05, 3.63) is 34.9 Å². The molecule has 0 aliphatic carbocycles. The van der Waals surface area contributed by atoms with Gasteiger partial charge in [0, 0.05) is 30.2 Å². The molecule has 1 aromatic carbocycles. The highest BCUT2D eigenvalue weighted by Crippen LogP contribution is 2.15. The molecule has 0 spiro atoms. The molecule has 1 saturated heterocycles. The molecular weight excluding hydrogens is 276 g/mol. The molecule has 110 valence electrons. The summed E-state index contributed by atoms with van der Waals surface area (Å²) in [7, 11) is 0. The van der Waals surface area contributed by atoms with Gasteiger partial charge in [-0.15, -0.1) is 0 Å². The minimum absolute atomic E-state index is 0.0391. The van der Waals surface area contributed by atoms with Crippen LogP contribution in [0.4, 0.5) is 0 Å². The molecule has 1 N–H and O–H groups in total. The number of halogens is 1. The van der Waals surface area contributed by atoms with Crippen LogP contribution < -0.4 is 5.32 Å². The van der Waals surface area contributed by atoms with Crippen molar-refractivity contribution in [3.8, 4) is 0 Å². The third-order valence-corrected chi connectivity index (χ3v) is 3.72. The van der Waals surface area contributed by atoms with Gasteiger partial charge in [-0.05, 0) is 25.5 Å². The third kappa shape index (κ3) is 4.20. The van der Waals surface area contributed by atoms with Crippen molar-refractivity contribution in [1.82, 2.24) is 10.2 Å². The van der Waals surface area contributed by atoms with Gasteiger partial charge >= 0.3 is 0 Å². The topological polar surface area (TPSA) is 41.6 Å². The van der Waals surface area contributed by atoms with Gasteiger partial charge in [0.05, 0.1) is 6.61 Å². The van der Waals surface area contributed by atoms with Crippen molar-refractivity contribution >= 4 is 17.5 Å². The average Bonchev–Trinajstić information content (AvgIpc) is 2.39. The standard InChI is InChI=1S/C15H21ClN2O2/c1-11-7-18(8-12(2)17-11)15(19)10-20-9-13-5-3-4-6-14(13)16/h3-6,11-12,17H,7-10H2,1-2H3/t11-,12-/m0/s1. The van der Waals surface area contributed by atoms with Crippen molar-refractivity contribution in [2.24, 2.45) is 0 Å². The van der Waals surface area contributed by atoms with Crippen LogP contribution in [0.5, 0.6) is 0 Å². The second-order valence-corrected chi connectivity index (χ2v) is 5.76. The summed E-state index contributed by atoms with van der Waals surface area (Å²) in [5.41, 5.74) is 0.906. The molecule has 5 heteroatoms. The lowest BCUT2D eigenvalue weighted by molar-refractivity contribution is -0.138. The second-order valence-electron chi connectivity index (χ2n) is 5.35. The fourth-order valence-electron chi connectivity index (χ4n) is 2.49. The minimum Gasteiger partial charge on any atom is -0.367 e. The van der Waals surface area contributed by atoms with E-state index in [0.717, 1.165) is 18.7 Å². The number of hydrogen-bond acceptors (Lipinski definition) is 3. The molecule has 1 amide bonds. The van der Waals surface area contributed by atoms with E-state index in [0.29, 0.717) is 23.7 Å². The van der Waals surface area contributed by atoms with E-state index in [4.69, 9.17) is 16.3 Å². The maximum Gasteiger partial charge on any atom is 0.248 e. The van der Waals surface area contributed by atoms with E-state index in [2.05, 4.69) is 19.2 Å². The number of nitrogens with zero attached hydrogens (tertiary/aromatic N) is 1. The second kappa shape index (κ2) is 7.07. The van der Waals surface area contributed by atoms with E-state index < -0.39 is 0 Å². The van der Waals surface area contributed by atoms with Gasteiger partial charge in [0.15, 0.2) is 0 Å². The molecule has 4 nitrogen and oxygen atoms in total. The van der Waals surface area contributed by atoms with Gasteiger partial charge in [-0.1, -0.05) is 29.8 Å². The first-order chi connectivity index (χ1) is 9.56. The molecule has 20 heavy (non-hydrogen) atoms. The summed E-state index contributed by atoms with van der Waals surface area (Å²) in [6.45, 7) is 6.10. The maximum atomic E-state index is 12.1. The van der Waals surface area contributed by atoms with E-state index in [1.807, 2.05) is 29.2 Å². The van der Waals surface area contributed by atoms with Crippen LogP contribution in [0.1, 0.15) is 19.4 Å². The fourth-order valence-corrected chi connectivity index (χ4v) is 2.68. The minimum atomic E-state index is 0.0391. The van der Waals surface area contributed by atoms with Gasteiger partial charge in [0.25, 0.3) is 0 Å². The molecule has 0 bridgehead atoms. The zero-order chi connectivity index (χ0) is 14.5. The molecule has 1 fully saturated rings. The highest BCUT2D eigenvalue weighted by atomic mass is 35.5. The molecule has 0 aromatic heterocycles. The molecule has 1 aliphatic heterocycles. The predicted octanol–water partition coefficient (Wildman–Crippen LogP) is 2.07. The monoisotopic (exact) mass is 296 g/mol. The first-order valence-electron chi connectivity index (χ1n) is 6.91. The SMILES string of the molecule is C[C@H]1CN(C(=O)COCc2ccccc2Cl)C[C@H](C)N1. The van der Waals surface area contributed by atoms with Crippen LogP contribution in [0.3, 0.4) is 0 Å². The summed E-state index contributed by atoms with van der Waals surface area (Å²) in [6.07, 6.45) is 0. The zero-order valence-electron chi connectivity index (χ0n) is 11.9. The molecule has 0 radical (unpaired) electrons. The average molecular weight is 297 g/mol. The van der Waals surface area contributed by atoms with E-state index in [1.165, 1.54) is 0 Å². The van der Waals surface area contributed by atoms with Gasteiger partial charge in [-0.25, -0.2) is 0 Å². The Kier molecular flexibility index (Phi) is 5.40. The molecule has 1 heterocycles. The number of benzene rings is 1. The Morgan fingerprint density at radius 1 is 1.35 bits per heavy atom. The summed E-state index contributed by atoms with van der Waals surface area (Å²) in [5, 5.41) is 4.07. The highest BCUT2D eigenvalue weighted by molar-refractivity contribution is 6.31. The van der Waals surface area contributed by atoms with Crippen molar-refractivity contribution in [1.29, 1.82) is 0 Å². The van der Waals surface area contributed by atoms with E-state index in [9.17, 15) is 4.79 Å². The molecule has 0 unspecified atom stereocenters. The number of hydrogen-bond donors (Lipinski definition) is 1. The largest absolute Gasteiger partial charge is 0.367 e. The Morgan fingerprint density at radius 3 is 2.65 bits per heavy atom. The van der Waals surface area contributed by atoms with Crippen molar-refractivity contribution in [2.75, 3.05) is 19.7 Å². The van der Waals surface area contributed by atoms with Gasteiger partial charge in [0.2, 0.25) is 5.91 Å². The number of nitrogens with one attached hydrogen (secondary N) is 1. The first-order valence-corrected chi connectivity index (χ1v) is 7.29. The summed E-state index contributed by atoms with van der Waals surface area (Å²) in [4.78, 5) is 14.0. The van der Waals surface area contributed by atoms with Crippen LogP contribution >= 0.6 is 11.6 Å². The van der Waals surface area contributed by atoms with Gasteiger partial charge in [-0.3, -0.25) is 4.79 Å². The molecule has 2 atom stereocenters. The van der Waals surface area contributed by atoms with E-state index in [1.54, 1.807) is 0 Å². The molecule has 0 saturated carbocycles.